The number of sulfonamides is 1. The number of hydrogen-bond donors (Lipinski definition) is 2. The molecule has 1 aromatic carbocycles. The molecule has 0 radical (unpaired) electrons. The van der Waals surface area contributed by atoms with Gasteiger partial charge in [-0.15, -0.1) is 0 Å². The van der Waals surface area contributed by atoms with Crippen molar-refractivity contribution in [1.82, 2.24) is 4.31 Å². The summed E-state index contributed by atoms with van der Waals surface area (Å²) in [7, 11) is -3.99. The van der Waals surface area contributed by atoms with Gasteiger partial charge in [0.05, 0.1) is 6.54 Å². The van der Waals surface area contributed by atoms with Gasteiger partial charge >= 0.3 is 0 Å². The van der Waals surface area contributed by atoms with Gasteiger partial charge in [-0.1, -0.05) is 12.1 Å². The summed E-state index contributed by atoms with van der Waals surface area (Å²) in [6, 6.07) is 4.72. The van der Waals surface area contributed by atoms with Crippen LogP contribution in [0, 0.1) is 11.2 Å². The average molecular weight is 273 g/mol. The lowest BCUT2D eigenvalue weighted by Crippen LogP contribution is -2.42. The zero-order valence-electron chi connectivity index (χ0n) is 10.2. The van der Waals surface area contributed by atoms with E-state index in [-0.39, 0.29) is 12.4 Å². The molecular weight excluding hydrogens is 257 g/mol. The Balaban J connectivity index is 3.26. The molecule has 0 amide bonds. The molecule has 0 aliphatic heterocycles. The average Bonchev–Trinajstić information content (AvgIpc) is 2.25. The van der Waals surface area contributed by atoms with Crippen molar-refractivity contribution in [2.45, 2.75) is 24.8 Å². The molecular formula is C11H16FN3O2S. The maximum Gasteiger partial charge on any atom is 0.246 e. The molecule has 18 heavy (non-hydrogen) atoms. The largest absolute Gasteiger partial charge is 0.387 e. The second-order valence-electron chi connectivity index (χ2n) is 4.10. The minimum atomic E-state index is -3.99. The van der Waals surface area contributed by atoms with Crippen LogP contribution >= 0.6 is 0 Å². The van der Waals surface area contributed by atoms with Crippen molar-refractivity contribution < 1.29 is 12.8 Å². The molecule has 0 unspecified atom stereocenters. The molecule has 0 spiro atoms. The van der Waals surface area contributed by atoms with Crippen molar-refractivity contribution in [3.63, 3.8) is 0 Å². The fourth-order valence-electron chi connectivity index (χ4n) is 1.49. The molecule has 5 nitrogen and oxygen atoms in total. The Bertz CT molecular complexity index is 543. The number of halogens is 1. The van der Waals surface area contributed by atoms with Crippen LogP contribution in [0.2, 0.25) is 0 Å². The second-order valence-corrected chi connectivity index (χ2v) is 5.96. The molecule has 0 heterocycles. The van der Waals surface area contributed by atoms with E-state index >= 15 is 0 Å². The van der Waals surface area contributed by atoms with Crippen LogP contribution in [0.3, 0.4) is 0 Å². The Morgan fingerprint density at radius 3 is 2.44 bits per heavy atom. The molecule has 0 saturated heterocycles. The van der Waals surface area contributed by atoms with Gasteiger partial charge < -0.3 is 5.73 Å². The first-order chi connectivity index (χ1) is 8.26. The highest BCUT2D eigenvalue weighted by Gasteiger charge is 2.29. The van der Waals surface area contributed by atoms with E-state index in [0.29, 0.717) is 0 Å². The lowest BCUT2D eigenvalue weighted by molar-refractivity contribution is 0.386. The number of rotatable bonds is 5. The third-order valence-corrected chi connectivity index (χ3v) is 4.38. The minimum absolute atomic E-state index is 0.256. The Morgan fingerprint density at radius 2 is 2.00 bits per heavy atom. The van der Waals surface area contributed by atoms with Crippen molar-refractivity contribution in [2.75, 3.05) is 6.54 Å². The van der Waals surface area contributed by atoms with Crippen molar-refractivity contribution in [3.05, 3.63) is 30.1 Å². The first kappa shape index (κ1) is 14.6. The topological polar surface area (TPSA) is 87.2 Å². The van der Waals surface area contributed by atoms with E-state index in [9.17, 15) is 12.8 Å². The van der Waals surface area contributed by atoms with Crippen molar-refractivity contribution in [1.29, 1.82) is 5.41 Å². The number of nitrogens with two attached hydrogens (primary N) is 1. The number of hydrogen-bond acceptors (Lipinski definition) is 3. The Morgan fingerprint density at radius 1 is 1.44 bits per heavy atom. The predicted molar refractivity (Wildman–Crippen MR) is 67.3 cm³/mol. The number of benzene rings is 1. The van der Waals surface area contributed by atoms with Crippen LogP contribution < -0.4 is 5.73 Å². The lowest BCUT2D eigenvalue weighted by atomic mass is 10.3. The lowest BCUT2D eigenvalue weighted by Gasteiger charge is -2.25. The smallest absolute Gasteiger partial charge is 0.246 e. The fourth-order valence-corrected chi connectivity index (χ4v) is 3.18. The van der Waals surface area contributed by atoms with E-state index < -0.39 is 26.8 Å². The van der Waals surface area contributed by atoms with Crippen LogP contribution in [0.15, 0.2) is 29.2 Å². The highest BCUT2D eigenvalue weighted by molar-refractivity contribution is 7.89. The zero-order valence-corrected chi connectivity index (χ0v) is 11.0. The van der Waals surface area contributed by atoms with Gasteiger partial charge in [0.2, 0.25) is 10.0 Å². The summed E-state index contributed by atoms with van der Waals surface area (Å²) >= 11 is 0. The van der Waals surface area contributed by atoms with Crippen LogP contribution in [0.1, 0.15) is 13.8 Å². The van der Waals surface area contributed by atoms with Gasteiger partial charge in [-0.05, 0) is 26.0 Å². The maximum absolute atomic E-state index is 13.6. The minimum Gasteiger partial charge on any atom is -0.387 e. The van der Waals surface area contributed by atoms with E-state index in [1.54, 1.807) is 13.8 Å². The molecule has 0 fully saturated rings. The Hall–Kier alpha value is -1.47. The van der Waals surface area contributed by atoms with E-state index in [1.807, 2.05) is 0 Å². The van der Waals surface area contributed by atoms with Gasteiger partial charge in [0, 0.05) is 6.04 Å². The molecule has 7 heteroatoms. The van der Waals surface area contributed by atoms with Crippen LogP contribution in [-0.4, -0.2) is 31.1 Å². The Kier molecular flexibility index (Phi) is 4.42. The first-order valence-electron chi connectivity index (χ1n) is 5.36. The zero-order chi connectivity index (χ0) is 13.9. The van der Waals surface area contributed by atoms with Crippen LogP contribution in [0.25, 0.3) is 0 Å². The third-order valence-electron chi connectivity index (χ3n) is 2.33. The molecule has 0 saturated carbocycles. The van der Waals surface area contributed by atoms with Crippen LogP contribution in [0.4, 0.5) is 4.39 Å². The van der Waals surface area contributed by atoms with Crippen molar-refractivity contribution in [2.24, 2.45) is 5.73 Å². The van der Waals surface area contributed by atoms with Crippen LogP contribution in [0.5, 0.6) is 0 Å². The summed E-state index contributed by atoms with van der Waals surface area (Å²) < 4.78 is 39.1. The quantitative estimate of drug-likeness (QED) is 0.623. The molecule has 0 aliphatic rings. The Labute approximate surface area is 106 Å². The predicted octanol–water partition coefficient (Wildman–Crippen LogP) is 1.16. The molecule has 1 aromatic rings. The number of nitrogens with zero attached hydrogens (tertiary/aromatic N) is 1. The highest BCUT2D eigenvalue weighted by Crippen LogP contribution is 2.20. The molecule has 0 atom stereocenters. The summed E-state index contributed by atoms with van der Waals surface area (Å²) in [5.41, 5.74) is 5.23. The maximum atomic E-state index is 13.6. The number of amidine groups is 1. The molecule has 0 aromatic heterocycles. The molecule has 0 bridgehead atoms. The SMILES string of the molecule is CC(C)N(CC(=N)N)S(=O)(=O)c1ccccc1F. The van der Waals surface area contributed by atoms with E-state index in [0.717, 1.165) is 10.4 Å². The van der Waals surface area contributed by atoms with Gasteiger partial charge in [-0.3, -0.25) is 5.41 Å². The summed E-state index contributed by atoms with van der Waals surface area (Å²) in [6.07, 6.45) is 0. The normalized spacial score (nSPS) is 12.1. The third kappa shape index (κ3) is 3.05. The summed E-state index contributed by atoms with van der Waals surface area (Å²) in [4.78, 5) is -0.403. The molecule has 0 aliphatic carbocycles. The fraction of sp³-hybridized carbons (Fsp3) is 0.364. The van der Waals surface area contributed by atoms with Gasteiger partial charge in [0.25, 0.3) is 0 Å². The van der Waals surface area contributed by atoms with Crippen molar-refractivity contribution in [3.8, 4) is 0 Å². The van der Waals surface area contributed by atoms with Gasteiger partial charge in [0.15, 0.2) is 0 Å². The summed E-state index contributed by atoms with van der Waals surface area (Å²) in [5.74, 6) is -1.10. The van der Waals surface area contributed by atoms with Gasteiger partial charge in [0.1, 0.15) is 16.5 Å². The summed E-state index contributed by atoms with van der Waals surface area (Å²) in [6.45, 7) is 3.02. The number of nitrogens with one attached hydrogen (secondary N) is 1. The van der Waals surface area contributed by atoms with E-state index in [2.05, 4.69) is 0 Å². The van der Waals surface area contributed by atoms with E-state index in [4.69, 9.17) is 11.1 Å². The molecule has 100 valence electrons. The van der Waals surface area contributed by atoms with Crippen molar-refractivity contribution >= 4 is 15.9 Å². The second kappa shape index (κ2) is 5.45. The van der Waals surface area contributed by atoms with Gasteiger partial charge in [-0.25, -0.2) is 12.8 Å². The highest BCUT2D eigenvalue weighted by atomic mass is 32.2. The van der Waals surface area contributed by atoms with Crippen LogP contribution in [-0.2, 0) is 10.0 Å². The molecule has 3 N–H and O–H groups in total. The monoisotopic (exact) mass is 273 g/mol. The molecule has 1 rings (SSSR count). The standard InChI is InChI=1S/C11H16FN3O2S/c1-8(2)15(7-11(13)14)18(16,17)10-6-4-3-5-9(10)12/h3-6,8H,7H2,1-2H3,(H3,13,14). The van der Waals surface area contributed by atoms with E-state index in [1.165, 1.54) is 18.2 Å². The summed E-state index contributed by atoms with van der Waals surface area (Å²) in [5, 5.41) is 7.19. The first-order valence-corrected chi connectivity index (χ1v) is 6.80. The van der Waals surface area contributed by atoms with Gasteiger partial charge in [-0.2, -0.15) is 4.31 Å².